The predicted octanol–water partition coefficient (Wildman–Crippen LogP) is 0.597. The summed E-state index contributed by atoms with van der Waals surface area (Å²) in [5, 5.41) is 28.6. The molecule has 4 nitrogen and oxygen atoms in total. The zero-order valence-electron chi connectivity index (χ0n) is 10.3. The second kappa shape index (κ2) is 4.93. The molecule has 0 amide bonds. The number of hydrogen-bond donors (Lipinski definition) is 3. The Bertz CT molecular complexity index is 449. The van der Waals surface area contributed by atoms with Gasteiger partial charge in [0.1, 0.15) is 30.2 Å². The van der Waals surface area contributed by atoms with Crippen LogP contribution in [0.15, 0.2) is 12.1 Å². The second-order valence-corrected chi connectivity index (χ2v) is 4.72. The van der Waals surface area contributed by atoms with Crippen LogP contribution in [0.5, 0.6) is 0 Å². The minimum atomic E-state index is -1.16. The molecule has 2 unspecified atom stereocenters. The molecular weight excluding hydrogens is 239 g/mol. The van der Waals surface area contributed by atoms with E-state index in [0.29, 0.717) is 11.1 Å². The van der Waals surface area contributed by atoms with Crippen LogP contribution in [0.4, 0.5) is 4.39 Å². The first-order chi connectivity index (χ1) is 8.45. The molecule has 18 heavy (non-hydrogen) atoms. The molecular formula is C13H17FO4. The van der Waals surface area contributed by atoms with Crippen LogP contribution < -0.4 is 0 Å². The lowest BCUT2D eigenvalue weighted by Gasteiger charge is -2.18. The molecule has 0 spiro atoms. The first-order valence-corrected chi connectivity index (χ1v) is 5.84. The molecule has 5 heteroatoms. The lowest BCUT2D eigenvalue weighted by Crippen LogP contribution is -2.32. The van der Waals surface area contributed by atoms with Gasteiger partial charge < -0.3 is 20.1 Å². The topological polar surface area (TPSA) is 69.9 Å². The van der Waals surface area contributed by atoms with Crippen LogP contribution in [0, 0.1) is 19.7 Å². The first kappa shape index (κ1) is 13.4. The van der Waals surface area contributed by atoms with Crippen molar-refractivity contribution in [3.63, 3.8) is 0 Å². The van der Waals surface area contributed by atoms with E-state index in [-0.39, 0.29) is 12.4 Å². The Morgan fingerprint density at radius 3 is 2.39 bits per heavy atom. The Morgan fingerprint density at radius 1 is 1.17 bits per heavy atom. The molecule has 4 atom stereocenters. The molecule has 1 saturated heterocycles. The van der Waals surface area contributed by atoms with Crippen molar-refractivity contribution in [2.75, 3.05) is 6.61 Å². The maximum atomic E-state index is 13.6. The molecule has 0 saturated carbocycles. The Labute approximate surface area is 105 Å². The number of benzene rings is 1. The molecule has 1 aromatic carbocycles. The zero-order chi connectivity index (χ0) is 13.4. The van der Waals surface area contributed by atoms with Crippen LogP contribution >= 0.6 is 0 Å². The smallest absolute Gasteiger partial charge is 0.126 e. The fraction of sp³-hybridized carbons (Fsp3) is 0.538. The van der Waals surface area contributed by atoms with Gasteiger partial charge in [0, 0.05) is 0 Å². The number of halogens is 1. The lowest BCUT2D eigenvalue weighted by atomic mass is 9.96. The van der Waals surface area contributed by atoms with Crippen LogP contribution in [0.25, 0.3) is 0 Å². The summed E-state index contributed by atoms with van der Waals surface area (Å²) in [4.78, 5) is 0. The highest BCUT2D eigenvalue weighted by molar-refractivity contribution is 5.34. The Kier molecular flexibility index (Phi) is 3.68. The lowest BCUT2D eigenvalue weighted by molar-refractivity contribution is -0.0230. The van der Waals surface area contributed by atoms with Crippen LogP contribution in [0.2, 0.25) is 0 Å². The summed E-state index contributed by atoms with van der Waals surface area (Å²) in [5.41, 5.74) is 1.80. The van der Waals surface area contributed by atoms with E-state index in [1.807, 2.05) is 0 Å². The summed E-state index contributed by atoms with van der Waals surface area (Å²) in [5.74, 6) is -0.381. The molecule has 1 fully saturated rings. The van der Waals surface area contributed by atoms with E-state index in [2.05, 4.69) is 0 Å². The number of rotatable bonds is 2. The van der Waals surface area contributed by atoms with Crippen molar-refractivity contribution in [1.82, 2.24) is 0 Å². The highest BCUT2D eigenvalue weighted by atomic mass is 19.1. The van der Waals surface area contributed by atoms with Gasteiger partial charge in [0.2, 0.25) is 0 Å². The van der Waals surface area contributed by atoms with Gasteiger partial charge >= 0.3 is 0 Å². The van der Waals surface area contributed by atoms with Crippen LogP contribution in [-0.2, 0) is 4.74 Å². The van der Waals surface area contributed by atoms with E-state index < -0.39 is 24.4 Å². The summed E-state index contributed by atoms with van der Waals surface area (Å²) in [6.07, 6.45) is -3.98. The van der Waals surface area contributed by atoms with E-state index in [0.717, 1.165) is 5.56 Å². The first-order valence-electron chi connectivity index (χ1n) is 5.84. The summed E-state index contributed by atoms with van der Waals surface area (Å²) in [6.45, 7) is 3.06. The fourth-order valence-electron chi connectivity index (χ4n) is 2.30. The summed E-state index contributed by atoms with van der Waals surface area (Å²) >= 11 is 0. The minimum Gasteiger partial charge on any atom is -0.394 e. The number of aryl methyl sites for hydroxylation is 2. The van der Waals surface area contributed by atoms with Gasteiger partial charge in [0.15, 0.2) is 0 Å². The van der Waals surface area contributed by atoms with E-state index in [1.54, 1.807) is 19.9 Å². The highest BCUT2D eigenvalue weighted by Gasteiger charge is 2.43. The van der Waals surface area contributed by atoms with Gasteiger partial charge in [-0.3, -0.25) is 0 Å². The van der Waals surface area contributed by atoms with Gasteiger partial charge in [0.05, 0.1) is 6.61 Å². The Morgan fingerprint density at radius 2 is 1.83 bits per heavy atom. The van der Waals surface area contributed by atoms with Crippen molar-refractivity contribution in [3.8, 4) is 0 Å². The normalized spacial score (nSPS) is 31.9. The minimum absolute atomic E-state index is 0.381. The molecule has 1 aliphatic rings. The average Bonchev–Trinajstić information content (AvgIpc) is 2.61. The number of ether oxygens (including phenoxy) is 1. The monoisotopic (exact) mass is 256 g/mol. The van der Waals surface area contributed by atoms with E-state index in [4.69, 9.17) is 9.84 Å². The van der Waals surface area contributed by atoms with Gasteiger partial charge in [-0.05, 0) is 36.6 Å². The zero-order valence-corrected chi connectivity index (χ0v) is 10.3. The Balaban J connectivity index is 2.35. The summed E-state index contributed by atoms with van der Waals surface area (Å²) < 4.78 is 18.9. The third-order valence-corrected chi connectivity index (χ3v) is 3.40. The average molecular weight is 256 g/mol. The third-order valence-electron chi connectivity index (χ3n) is 3.40. The fourth-order valence-corrected chi connectivity index (χ4v) is 2.30. The van der Waals surface area contributed by atoms with Crippen LogP contribution in [0.1, 0.15) is 22.8 Å². The van der Waals surface area contributed by atoms with Crippen molar-refractivity contribution in [1.29, 1.82) is 0 Å². The SMILES string of the molecule is Cc1cc(C)c([C@@H]2O[C@H](CO)C(O)C2O)cc1F. The quantitative estimate of drug-likeness (QED) is 0.724. The molecule has 0 radical (unpaired) electrons. The van der Waals surface area contributed by atoms with Crippen molar-refractivity contribution < 1.29 is 24.4 Å². The van der Waals surface area contributed by atoms with Crippen molar-refractivity contribution in [2.24, 2.45) is 0 Å². The van der Waals surface area contributed by atoms with Gasteiger partial charge in [-0.2, -0.15) is 0 Å². The summed E-state index contributed by atoms with van der Waals surface area (Å²) in [6, 6.07) is 2.98. The number of hydrogen-bond acceptors (Lipinski definition) is 4. The van der Waals surface area contributed by atoms with Crippen molar-refractivity contribution >= 4 is 0 Å². The number of aliphatic hydroxyl groups excluding tert-OH is 3. The maximum absolute atomic E-state index is 13.6. The standard InChI is InChI=1S/C13H17FO4/c1-6-3-7(2)9(14)4-8(6)13-12(17)11(16)10(5-15)18-13/h3-4,10-13,15-17H,5H2,1-2H3/t10-,11?,12?,13+/m1/s1. The van der Waals surface area contributed by atoms with Gasteiger partial charge in [-0.1, -0.05) is 6.07 Å². The van der Waals surface area contributed by atoms with Crippen LogP contribution in [-0.4, -0.2) is 40.2 Å². The predicted molar refractivity (Wildman–Crippen MR) is 62.6 cm³/mol. The largest absolute Gasteiger partial charge is 0.394 e. The highest BCUT2D eigenvalue weighted by Crippen LogP contribution is 2.35. The van der Waals surface area contributed by atoms with E-state index in [1.165, 1.54) is 6.07 Å². The summed E-state index contributed by atoms with van der Waals surface area (Å²) in [7, 11) is 0. The molecule has 1 aromatic rings. The van der Waals surface area contributed by atoms with Crippen molar-refractivity contribution in [2.45, 2.75) is 38.3 Å². The second-order valence-electron chi connectivity index (χ2n) is 4.72. The van der Waals surface area contributed by atoms with Gasteiger partial charge in [0.25, 0.3) is 0 Å². The van der Waals surface area contributed by atoms with Gasteiger partial charge in [-0.25, -0.2) is 4.39 Å². The molecule has 0 bridgehead atoms. The molecule has 0 aromatic heterocycles. The molecule has 100 valence electrons. The molecule has 1 heterocycles. The van der Waals surface area contributed by atoms with Gasteiger partial charge in [-0.15, -0.1) is 0 Å². The maximum Gasteiger partial charge on any atom is 0.126 e. The van der Waals surface area contributed by atoms with E-state index >= 15 is 0 Å². The number of aliphatic hydroxyl groups is 3. The molecule has 1 aliphatic heterocycles. The molecule has 2 rings (SSSR count). The molecule has 0 aliphatic carbocycles. The van der Waals surface area contributed by atoms with Crippen molar-refractivity contribution in [3.05, 3.63) is 34.6 Å². The van der Waals surface area contributed by atoms with Crippen LogP contribution in [0.3, 0.4) is 0 Å². The third kappa shape index (κ3) is 2.14. The Hall–Kier alpha value is -1.01. The van der Waals surface area contributed by atoms with E-state index in [9.17, 15) is 14.6 Å². The molecule has 3 N–H and O–H groups in total.